The van der Waals surface area contributed by atoms with Crippen LogP contribution in [0.25, 0.3) is 0 Å². The van der Waals surface area contributed by atoms with Gasteiger partial charge in [0.1, 0.15) is 11.6 Å². The van der Waals surface area contributed by atoms with Crippen molar-refractivity contribution in [1.29, 1.82) is 5.26 Å². The molecule has 0 aliphatic carbocycles. The van der Waals surface area contributed by atoms with Gasteiger partial charge in [-0.25, -0.2) is 4.79 Å². The van der Waals surface area contributed by atoms with Gasteiger partial charge in [-0.15, -0.1) is 11.8 Å². The van der Waals surface area contributed by atoms with Crippen molar-refractivity contribution >= 4 is 29.4 Å². The average molecular weight is 387 g/mol. The summed E-state index contributed by atoms with van der Waals surface area (Å²) >= 11 is 1.26. The highest BCUT2D eigenvalue weighted by molar-refractivity contribution is 8.00. The molecular weight excluding hydrogens is 366 g/mol. The first kappa shape index (κ1) is 20.5. The predicted molar refractivity (Wildman–Crippen MR) is 101 cm³/mol. The van der Waals surface area contributed by atoms with Gasteiger partial charge < -0.3 is 15.4 Å². The predicted octanol–water partition coefficient (Wildman–Crippen LogP) is 1.88. The Morgan fingerprint density at radius 2 is 1.93 bits per heavy atom. The van der Waals surface area contributed by atoms with Crippen LogP contribution in [0.3, 0.4) is 0 Å². The van der Waals surface area contributed by atoms with Crippen molar-refractivity contribution in [3.63, 3.8) is 0 Å². The van der Waals surface area contributed by atoms with Crippen molar-refractivity contribution in [2.75, 3.05) is 25.4 Å². The molecule has 1 amide bonds. The normalized spacial score (nSPS) is 14.3. The molecule has 0 bridgehead atoms. The second kappa shape index (κ2) is 9.78. The number of thioether (sulfide) groups is 1. The lowest BCUT2D eigenvalue weighted by Crippen LogP contribution is -2.29. The molecule has 27 heavy (non-hydrogen) atoms. The lowest BCUT2D eigenvalue weighted by Gasteiger charge is -2.15. The minimum absolute atomic E-state index is 0.0399. The Labute approximate surface area is 162 Å². The highest BCUT2D eigenvalue weighted by atomic mass is 32.2. The van der Waals surface area contributed by atoms with Crippen LogP contribution in [0.2, 0.25) is 0 Å². The summed E-state index contributed by atoms with van der Waals surface area (Å²) in [6.07, 6.45) is 2.05. The van der Waals surface area contributed by atoms with Crippen molar-refractivity contribution in [1.82, 2.24) is 4.90 Å². The molecule has 1 aromatic rings. The van der Waals surface area contributed by atoms with Gasteiger partial charge in [0.2, 0.25) is 11.7 Å². The topological polar surface area (TPSA) is 113 Å². The molecule has 7 nitrogen and oxygen atoms in total. The van der Waals surface area contributed by atoms with E-state index in [1.807, 2.05) is 4.90 Å². The number of esters is 1. The highest BCUT2D eigenvalue weighted by Gasteiger charge is 2.20. The van der Waals surface area contributed by atoms with Crippen LogP contribution in [0, 0.1) is 11.3 Å². The minimum atomic E-state index is -0.688. The third kappa shape index (κ3) is 5.59. The third-order valence-corrected chi connectivity index (χ3v) is 5.09. The maximum atomic E-state index is 12.3. The van der Waals surface area contributed by atoms with Crippen LogP contribution in [0.1, 0.15) is 30.1 Å². The van der Waals surface area contributed by atoms with Crippen LogP contribution >= 0.6 is 11.8 Å². The number of nitrogens with two attached hydrogens (primary N) is 1. The van der Waals surface area contributed by atoms with E-state index in [-0.39, 0.29) is 28.5 Å². The zero-order valence-electron chi connectivity index (χ0n) is 15.1. The number of likely N-dealkylation sites (tertiary alicyclic amines) is 1. The van der Waals surface area contributed by atoms with Crippen LogP contribution < -0.4 is 5.73 Å². The number of Topliss-reactive ketones (excluding diaryl/α,β-unsaturated/α-hetero) is 1. The smallest absolute Gasteiger partial charge is 0.339 e. The Bertz CT molecular complexity index is 803. The van der Waals surface area contributed by atoms with E-state index in [4.69, 9.17) is 15.7 Å². The maximum Gasteiger partial charge on any atom is 0.339 e. The van der Waals surface area contributed by atoms with Crippen molar-refractivity contribution in [2.45, 2.75) is 24.7 Å². The van der Waals surface area contributed by atoms with Crippen LogP contribution in [0.15, 0.2) is 40.4 Å². The molecule has 1 aliphatic rings. The van der Waals surface area contributed by atoms with E-state index in [0.717, 1.165) is 25.9 Å². The van der Waals surface area contributed by atoms with Gasteiger partial charge in [0.15, 0.2) is 6.61 Å². The minimum Gasteiger partial charge on any atom is -0.454 e. The van der Waals surface area contributed by atoms with E-state index in [0.29, 0.717) is 4.90 Å². The molecule has 1 aliphatic heterocycles. The zero-order valence-corrected chi connectivity index (χ0v) is 15.9. The van der Waals surface area contributed by atoms with Gasteiger partial charge in [0.05, 0.1) is 11.3 Å². The molecule has 0 aromatic heterocycles. The second-order valence-corrected chi connectivity index (χ2v) is 7.06. The number of ether oxygens (including phenoxy) is 1. The molecule has 2 N–H and O–H groups in total. The molecule has 1 heterocycles. The first-order chi connectivity index (χ1) is 12.9. The Morgan fingerprint density at radius 1 is 1.26 bits per heavy atom. The van der Waals surface area contributed by atoms with Crippen molar-refractivity contribution in [2.24, 2.45) is 5.73 Å². The molecule has 0 saturated carbocycles. The number of hydrogen-bond donors (Lipinski definition) is 1. The number of hydrogen-bond acceptors (Lipinski definition) is 7. The molecule has 1 aromatic carbocycles. The summed E-state index contributed by atoms with van der Waals surface area (Å²) in [7, 11) is 0. The Kier molecular flexibility index (Phi) is 7.44. The number of nitrogens with zero attached hydrogens (tertiary/aromatic N) is 2. The first-order valence-corrected chi connectivity index (χ1v) is 9.49. The van der Waals surface area contributed by atoms with E-state index in [1.54, 1.807) is 30.3 Å². The molecule has 0 radical (unpaired) electrons. The quantitative estimate of drug-likeness (QED) is 0.329. The van der Waals surface area contributed by atoms with Crippen LogP contribution in [0.5, 0.6) is 0 Å². The standard InChI is InChI=1S/C19H21N3O4S/c1-13(21)15(10-20)16(23)11-26-19(25)14-6-2-3-7-17(14)27-12-18(24)22-8-4-5-9-22/h2-3,6-7H,4-5,8-9,11-12,21H2,1H3/b15-13+. The average Bonchev–Trinajstić information content (AvgIpc) is 3.19. The van der Waals surface area contributed by atoms with Gasteiger partial charge in [0.25, 0.3) is 0 Å². The maximum absolute atomic E-state index is 12.3. The van der Waals surface area contributed by atoms with Crippen LogP contribution in [0.4, 0.5) is 0 Å². The van der Waals surface area contributed by atoms with Crippen molar-refractivity contribution in [3.05, 3.63) is 41.1 Å². The van der Waals surface area contributed by atoms with Crippen LogP contribution in [-0.4, -0.2) is 48.0 Å². The number of rotatable bonds is 7. The molecule has 0 atom stereocenters. The lowest BCUT2D eigenvalue weighted by atomic mass is 10.1. The van der Waals surface area contributed by atoms with Crippen molar-refractivity contribution < 1.29 is 19.1 Å². The Balaban J connectivity index is 1.98. The first-order valence-electron chi connectivity index (χ1n) is 8.50. The second-order valence-electron chi connectivity index (χ2n) is 6.04. The van der Waals surface area contributed by atoms with Crippen molar-refractivity contribution in [3.8, 4) is 6.07 Å². The number of ketones is 1. The molecule has 0 spiro atoms. The van der Waals surface area contributed by atoms with Gasteiger partial charge in [-0.2, -0.15) is 5.26 Å². The van der Waals surface area contributed by atoms with Gasteiger partial charge in [0, 0.05) is 23.7 Å². The number of carbonyl (C=O) groups excluding carboxylic acids is 3. The van der Waals surface area contributed by atoms with E-state index >= 15 is 0 Å². The van der Waals surface area contributed by atoms with E-state index in [1.165, 1.54) is 18.7 Å². The van der Waals surface area contributed by atoms with Gasteiger partial charge in [-0.05, 0) is 31.9 Å². The summed E-state index contributed by atoms with van der Waals surface area (Å²) in [5.41, 5.74) is 5.60. The summed E-state index contributed by atoms with van der Waals surface area (Å²) in [4.78, 5) is 38.8. The van der Waals surface area contributed by atoms with E-state index in [2.05, 4.69) is 0 Å². The zero-order chi connectivity index (χ0) is 19.8. The summed E-state index contributed by atoms with van der Waals surface area (Å²) in [6.45, 7) is 2.42. The Hall–Kier alpha value is -2.79. The fourth-order valence-corrected chi connectivity index (χ4v) is 3.55. The highest BCUT2D eigenvalue weighted by Crippen LogP contribution is 2.24. The largest absolute Gasteiger partial charge is 0.454 e. The summed E-state index contributed by atoms with van der Waals surface area (Å²) in [5.74, 6) is -1.07. The number of allylic oxidation sites excluding steroid dienone is 1. The molecule has 142 valence electrons. The number of benzene rings is 1. The van der Waals surface area contributed by atoms with Gasteiger partial charge >= 0.3 is 5.97 Å². The molecule has 8 heteroatoms. The summed E-state index contributed by atoms with van der Waals surface area (Å²) in [5, 5.41) is 8.92. The van der Waals surface area contributed by atoms with Gasteiger partial charge in [-0.3, -0.25) is 9.59 Å². The SMILES string of the molecule is C/C(N)=C(/C#N)C(=O)COC(=O)c1ccccc1SCC(=O)N1CCCC1. The molecular formula is C19H21N3O4S. The Morgan fingerprint density at radius 3 is 2.56 bits per heavy atom. The fourth-order valence-electron chi connectivity index (χ4n) is 2.61. The number of nitriles is 1. The molecule has 1 saturated heterocycles. The molecule has 0 unspecified atom stereocenters. The van der Waals surface area contributed by atoms with Crippen LogP contribution in [-0.2, 0) is 14.3 Å². The number of amides is 1. The summed E-state index contributed by atoms with van der Waals surface area (Å²) < 4.78 is 5.03. The van der Waals surface area contributed by atoms with E-state index in [9.17, 15) is 14.4 Å². The fraction of sp³-hybridized carbons (Fsp3) is 0.368. The lowest BCUT2D eigenvalue weighted by molar-refractivity contribution is -0.127. The number of carbonyl (C=O) groups is 3. The molecule has 1 fully saturated rings. The van der Waals surface area contributed by atoms with E-state index < -0.39 is 18.4 Å². The molecule has 2 rings (SSSR count). The van der Waals surface area contributed by atoms with Gasteiger partial charge in [-0.1, -0.05) is 12.1 Å². The monoisotopic (exact) mass is 387 g/mol. The summed E-state index contributed by atoms with van der Waals surface area (Å²) in [6, 6.07) is 8.44. The third-order valence-electron chi connectivity index (χ3n) is 4.04.